The third-order valence-corrected chi connectivity index (χ3v) is 3.90. The Balaban J connectivity index is 2.91. The molecule has 3 N–H and O–H groups in total. The summed E-state index contributed by atoms with van der Waals surface area (Å²) in [4.78, 5) is 22.5. The molecule has 20 heavy (non-hydrogen) atoms. The van der Waals surface area contributed by atoms with E-state index in [9.17, 15) is 14.9 Å². The van der Waals surface area contributed by atoms with Gasteiger partial charge in [-0.3, -0.25) is 14.9 Å². The zero-order chi connectivity index (χ0) is 15.3. The predicted octanol–water partition coefficient (Wildman–Crippen LogP) is 2.60. The quantitative estimate of drug-likeness (QED) is 0.612. The van der Waals surface area contributed by atoms with Crippen LogP contribution in [0.4, 0.5) is 5.69 Å². The molecule has 0 saturated heterocycles. The van der Waals surface area contributed by atoms with Crippen molar-refractivity contribution in [1.82, 2.24) is 5.32 Å². The number of halogens is 1. The highest BCUT2D eigenvalue weighted by Gasteiger charge is 2.24. The minimum Gasteiger partial charge on any atom is -0.350 e. The Morgan fingerprint density at radius 3 is 2.55 bits per heavy atom. The summed E-state index contributed by atoms with van der Waals surface area (Å²) in [6, 6.07) is 4.33. The zero-order valence-corrected chi connectivity index (χ0v) is 13.1. The van der Waals surface area contributed by atoms with Crippen molar-refractivity contribution in [3.8, 4) is 0 Å². The number of nitro groups is 1. The number of nitro benzene ring substituents is 1. The number of nitrogens with one attached hydrogen (secondary N) is 1. The van der Waals surface area contributed by atoms with Crippen LogP contribution in [0.25, 0.3) is 0 Å². The van der Waals surface area contributed by atoms with Crippen LogP contribution in [0.15, 0.2) is 22.7 Å². The molecule has 1 rings (SSSR count). The molecule has 1 aromatic carbocycles. The summed E-state index contributed by atoms with van der Waals surface area (Å²) in [5, 5.41) is 13.6. The first-order valence-electron chi connectivity index (χ1n) is 6.34. The van der Waals surface area contributed by atoms with Crippen LogP contribution >= 0.6 is 15.9 Å². The first kappa shape index (κ1) is 16.6. The van der Waals surface area contributed by atoms with Gasteiger partial charge >= 0.3 is 0 Å². The second-order valence-corrected chi connectivity index (χ2v) is 5.59. The van der Waals surface area contributed by atoms with Crippen LogP contribution in [0.1, 0.15) is 37.0 Å². The van der Waals surface area contributed by atoms with Crippen LogP contribution in [0.5, 0.6) is 0 Å². The lowest BCUT2D eigenvalue weighted by Gasteiger charge is -2.26. The van der Waals surface area contributed by atoms with Gasteiger partial charge in [-0.05, 0) is 25.0 Å². The van der Waals surface area contributed by atoms with Gasteiger partial charge in [-0.15, -0.1) is 0 Å². The van der Waals surface area contributed by atoms with E-state index in [2.05, 4.69) is 21.2 Å². The summed E-state index contributed by atoms with van der Waals surface area (Å²) in [7, 11) is 0. The molecule has 0 heterocycles. The first-order valence-corrected chi connectivity index (χ1v) is 7.13. The molecular formula is C13H18BrN3O3. The van der Waals surface area contributed by atoms with E-state index in [0.717, 1.165) is 0 Å². The summed E-state index contributed by atoms with van der Waals surface area (Å²) in [5.74, 6) is -0.485. The molecule has 0 bridgehead atoms. The maximum Gasteiger partial charge on any atom is 0.283 e. The molecule has 0 spiro atoms. The minimum atomic E-state index is -0.574. The van der Waals surface area contributed by atoms with E-state index in [1.54, 1.807) is 6.07 Å². The number of carbonyl (C=O) groups excluding carboxylic acids is 1. The van der Waals surface area contributed by atoms with E-state index >= 15 is 0 Å². The summed E-state index contributed by atoms with van der Waals surface area (Å²) in [6.07, 6.45) is 1.43. The number of hydrogen-bond donors (Lipinski definition) is 2. The molecule has 6 nitrogen and oxygen atoms in total. The van der Waals surface area contributed by atoms with Crippen molar-refractivity contribution in [3.05, 3.63) is 38.3 Å². The Morgan fingerprint density at radius 1 is 1.45 bits per heavy atom. The average molecular weight is 344 g/mol. The number of hydrogen-bond acceptors (Lipinski definition) is 4. The van der Waals surface area contributed by atoms with E-state index < -0.39 is 16.4 Å². The molecule has 0 aromatic heterocycles. The maximum atomic E-state index is 12.1. The Kier molecular flexibility index (Phi) is 5.64. The van der Waals surface area contributed by atoms with Gasteiger partial charge in [0.2, 0.25) is 0 Å². The Labute approximate surface area is 126 Å². The number of nitrogens with zero attached hydrogens (tertiary/aromatic N) is 1. The third kappa shape index (κ3) is 4.01. The van der Waals surface area contributed by atoms with Crippen molar-refractivity contribution in [1.29, 1.82) is 0 Å². The summed E-state index contributed by atoms with van der Waals surface area (Å²) < 4.78 is 0.552. The van der Waals surface area contributed by atoms with E-state index in [-0.39, 0.29) is 17.8 Å². The fourth-order valence-electron chi connectivity index (χ4n) is 1.70. The number of benzene rings is 1. The van der Waals surface area contributed by atoms with E-state index in [1.807, 2.05) is 13.8 Å². The van der Waals surface area contributed by atoms with E-state index in [1.165, 1.54) is 12.1 Å². The van der Waals surface area contributed by atoms with Gasteiger partial charge in [-0.1, -0.05) is 29.8 Å². The van der Waals surface area contributed by atoms with Gasteiger partial charge in [0.05, 0.1) is 4.92 Å². The first-order chi connectivity index (χ1) is 9.33. The van der Waals surface area contributed by atoms with Crippen LogP contribution in [-0.4, -0.2) is 22.9 Å². The van der Waals surface area contributed by atoms with Gasteiger partial charge in [0.1, 0.15) is 5.56 Å². The molecule has 7 heteroatoms. The number of carbonyl (C=O) groups is 1. The van der Waals surface area contributed by atoms with Gasteiger partial charge in [-0.25, -0.2) is 0 Å². The molecule has 0 atom stereocenters. The van der Waals surface area contributed by atoms with Crippen molar-refractivity contribution in [2.75, 3.05) is 6.54 Å². The Bertz CT molecular complexity index is 516. The summed E-state index contributed by atoms with van der Waals surface area (Å²) in [5.41, 5.74) is 5.41. The maximum absolute atomic E-state index is 12.1. The van der Waals surface area contributed by atoms with Crippen LogP contribution in [0.3, 0.4) is 0 Å². The fraction of sp³-hybridized carbons (Fsp3) is 0.462. The topological polar surface area (TPSA) is 98.3 Å². The van der Waals surface area contributed by atoms with Crippen molar-refractivity contribution in [2.45, 2.75) is 32.2 Å². The standard InChI is InChI=1S/C13H18BrN3O3/c1-3-13(15,4-2)8-16-12(18)10-6-5-9(14)7-11(10)17(19)20/h5-7H,3-4,8,15H2,1-2H3,(H,16,18). The molecule has 1 amide bonds. The second kappa shape index (κ2) is 6.81. The van der Waals surface area contributed by atoms with Crippen LogP contribution in [0, 0.1) is 10.1 Å². The molecule has 0 radical (unpaired) electrons. The smallest absolute Gasteiger partial charge is 0.283 e. The average Bonchev–Trinajstić information content (AvgIpc) is 2.44. The largest absolute Gasteiger partial charge is 0.350 e. The Morgan fingerprint density at radius 2 is 2.05 bits per heavy atom. The van der Waals surface area contributed by atoms with Gasteiger partial charge in [0.25, 0.3) is 11.6 Å². The highest BCUT2D eigenvalue weighted by atomic mass is 79.9. The van der Waals surface area contributed by atoms with Crippen molar-refractivity contribution < 1.29 is 9.72 Å². The third-order valence-electron chi connectivity index (χ3n) is 3.41. The van der Waals surface area contributed by atoms with Crippen LogP contribution in [-0.2, 0) is 0 Å². The zero-order valence-electron chi connectivity index (χ0n) is 11.5. The Hall–Kier alpha value is -1.47. The van der Waals surface area contributed by atoms with Gasteiger partial charge in [-0.2, -0.15) is 0 Å². The molecule has 0 aliphatic rings. The highest BCUT2D eigenvalue weighted by molar-refractivity contribution is 9.10. The predicted molar refractivity (Wildman–Crippen MR) is 80.6 cm³/mol. The number of amides is 1. The molecular weight excluding hydrogens is 326 g/mol. The monoisotopic (exact) mass is 343 g/mol. The van der Waals surface area contributed by atoms with Crippen molar-refractivity contribution in [3.63, 3.8) is 0 Å². The van der Waals surface area contributed by atoms with E-state index in [0.29, 0.717) is 17.3 Å². The van der Waals surface area contributed by atoms with E-state index in [4.69, 9.17) is 5.73 Å². The van der Waals surface area contributed by atoms with Gasteiger partial charge in [0.15, 0.2) is 0 Å². The van der Waals surface area contributed by atoms with Crippen LogP contribution in [0.2, 0.25) is 0 Å². The molecule has 0 aliphatic heterocycles. The van der Waals surface area contributed by atoms with Gasteiger partial charge in [0, 0.05) is 22.6 Å². The summed E-state index contributed by atoms with van der Waals surface area (Å²) in [6.45, 7) is 4.17. The van der Waals surface area contributed by atoms with Gasteiger partial charge < -0.3 is 11.1 Å². The van der Waals surface area contributed by atoms with Crippen LogP contribution < -0.4 is 11.1 Å². The lowest BCUT2D eigenvalue weighted by Crippen LogP contribution is -2.49. The fourth-order valence-corrected chi connectivity index (χ4v) is 2.05. The SMILES string of the molecule is CCC(N)(CC)CNC(=O)c1ccc(Br)cc1[N+](=O)[O-]. The second-order valence-electron chi connectivity index (χ2n) is 4.67. The molecule has 0 fully saturated rings. The molecule has 0 unspecified atom stereocenters. The number of nitrogens with two attached hydrogens (primary N) is 1. The normalized spacial score (nSPS) is 11.2. The lowest BCUT2D eigenvalue weighted by atomic mass is 9.94. The summed E-state index contributed by atoms with van der Waals surface area (Å²) >= 11 is 3.15. The van der Waals surface area contributed by atoms with Crippen molar-refractivity contribution >= 4 is 27.5 Å². The molecule has 0 aliphatic carbocycles. The highest BCUT2D eigenvalue weighted by Crippen LogP contribution is 2.23. The molecule has 0 saturated carbocycles. The molecule has 110 valence electrons. The number of rotatable bonds is 6. The molecule has 1 aromatic rings. The van der Waals surface area contributed by atoms with Crippen molar-refractivity contribution in [2.24, 2.45) is 5.73 Å². The minimum absolute atomic E-state index is 0.0350. The lowest BCUT2D eigenvalue weighted by molar-refractivity contribution is -0.385.